The molecule has 0 amide bonds. The van der Waals surface area contributed by atoms with Crippen LogP contribution >= 0.6 is 0 Å². The highest BCUT2D eigenvalue weighted by molar-refractivity contribution is 5.66. The topological polar surface area (TPSA) is 214 Å². The second-order valence-corrected chi connectivity index (χ2v) is 22.4. The monoisotopic (exact) mass is 824 g/mol. The smallest absolute Gasteiger partial charge is 0.303 e. The van der Waals surface area contributed by atoms with Crippen molar-refractivity contribution >= 4 is 5.97 Å². The molecule has 15 unspecified atom stereocenters. The molecule has 5 saturated carbocycles. The lowest BCUT2D eigenvalue weighted by Gasteiger charge is -2.65. The van der Waals surface area contributed by atoms with Crippen molar-refractivity contribution in [3.8, 4) is 0 Å². The van der Waals surface area contributed by atoms with Gasteiger partial charge in [-0.25, -0.2) is 0 Å². The van der Waals surface area contributed by atoms with Crippen molar-refractivity contribution < 1.29 is 69.0 Å². The molecular formula is C44H72O14. The van der Waals surface area contributed by atoms with Crippen LogP contribution in [0.25, 0.3) is 0 Å². The summed E-state index contributed by atoms with van der Waals surface area (Å²) < 4.78 is 37.8. The number of aliphatic hydroxyl groups is 7. The average Bonchev–Trinajstić information content (AvgIpc) is 3.49. The van der Waals surface area contributed by atoms with E-state index < -0.39 is 97.2 Å². The van der Waals surface area contributed by atoms with E-state index in [1.165, 1.54) is 6.92 Å². The van der Waals surface area contributed by atoms with Gasteiger partial charge in [0, 0.05) is 12.8 Å². The summed E-state index contributed by atoms with van der Waals surface area (Å²) in [5.74, 6) is -0.722. The Morgan fingerprint density at radius 3 is 2.12 bits per heavy atom. The fraction of sp³-hybridized carbons (Fsp3) is 0.977. The molecule has 0 aromatic carbocycles. The first-order valence-electron chi connectivity index (χ1n) is 22.0. The minimum atomic E-state index is -1.60. The number of ether oxygens (including phenoxy) is 6. The van der Waals surface area contributed by atoms with Gasteiger partial charge >= 0.3 is 5.97 Å². The minimum absolute atomic E-state index is 0.0161. The van der Waals surface area contributed by atoms with Gasteiger partial charge in [0.1, 0.15) is 36.6 Å². The third kappa shape index (κ3) is 6.18. The number of fused-ring (bicyclic) bond motifs is 2. The summed E-state index contributed by atoms with van der Waals surface area (Å²) in [4.78, 5) is 11.9. The van der Waals surface area contributed by atoms with E-state index in [0.29, 0.717) is 19.3 Å². The number of hydrogen-bond donors (Lipinski definition) is 7. The molecule has 8 rings (SSSR count). The number of carbonyl (C=O) groups is 1. The van der Waals surface area contributed by atoms with Crippen LogP contribution in [-0.4, -0.2) is 140 Å². The molecule has 0 aromatic heterocycles. The van der Waals surface area contributed by atoms with Crippen LogP contribution in [0.15, 0.2) is 0 Å². The van der Waals surface area contributed by atoms with Crippen molar-refractivity contribution in [3.05, 3.63) is 0 Å². The van der Waals surface area contributed by atoms with Crippen LogP contribution in [0.5, 0.6) is 0 Å². The van der Waals surface area contributed by atoms with Crippen molar-refractivity contribution in [2.45, 2.75) is 205 Å². The van der Waals surface area contributed by atoms with Crippen LogP contribution in [0.1, 0.15) is 120 Å². The molecule has 14 heteroatoms. The van der Waals surface area contributed by atoms with E-state index in [4.69, 9.17) is 28.4 Å². The van der Waals surface area contributed by atoms with Gasteiger partial charge in [0.25, 0.3) is 0 Å². The van der Waals surface area contributed by atoms with E-state index in [2.05, 4.69) is 55.4 Å². The van der Waals surface area contributed by atoms with Crippen molar-refractivity contribution in [3.63, 3.8) is 0 Å². The number of aliphatic hydroxyl groups excluding tert-OH is 7. The van der Waals surface area contributed by atoms with Gasteiger partial charge in [0.05, 0.1) is 43.2 Å². The first kappa shape index (κ1) is 43.6. The summed E-state index contributed by atoms with van der Waals surface area (Å²) in [7, 11) is 0. The predicted molar refractivity (Wildman–Crippen MR) is 206 cm³/mol. The van der Waals surface area contributed by atoms with E-state index in [9.17, 15) is 40.5 Å². The van der Waals surface area contributed by atoms with Gasteiger partial charge in [-0.05, 0) is 109 Å². The van der Waals surface area contributed by atoms with E-state index in [-0.39, 0.29) is 57.5 Å². The summed E-state index contributed by atoms with van der Waals surface area (Å²) in [6, 6.07) is 0. The van der Waals surface area contributed by atoms with Gasteiger partial charge in [0.2, 0.25) is 0 Å². The Kier molecular flexibility index (Phi) is 10.7. The van der Waals surface area contributed by atoms with Gasteiger partial charge in [-0.15, -0.1) is 0 Å². The molecule has 0 radical (unpaired) electrons. The highest BCUT2D eigenvalue weighted by Gasteiger charge is 2.85. The van der Waals surface area contributed by atoms with Gasteiger partial charge in [-0.3, -0.25) is 4.79 Å². The lowest BCUT2D eigenvalue weighted by atomic mass is 9.41. The molecule has 8 fully saturated rings. The van der Waals surface area contributed by atoms with Crippen molar-refractivity contribution in [2.75, 3.05) is 13.2 Å². The number of hydrogen-bond acceptors (Lipinski definition) is 14. The van der Waals surface area contributed by atoms with Crippen LogP contribution in [0.2, 0.25) is 0 Å². The first-order valence-corrected chi connectivity index (χ1v) is 22.0. The zero-order valence-corrected chi connectivity index (χ0v) is 36.0. The Balaban J connectivity index is 1.14. The molecule has 3 aliphatic heterocycles. The summed E-state index contributed by atoms with van der Waals surface area (Å²) in [6.45, 7) is 18.4. The average molecular weight is 825 g/mol. The molecule has 2 spiro atoms. The second-order valence-electron chi connectivity index (χ2n) is 22.4. The van der Waals surface area contributed by atoms with E-state index in [0.717, 1.165) is 38.5 Å². The summed E-state index contributed by atoms with van der Waals surface area (Å²) in [6.07, 6.45) is -6.19. The zero-order valence-electron chi connectivity index (χ0n) is 36.0. The van der Waals surface area contributed by atoms with Crippen molar-refractivity contribution in [1.82, 2.24) is 0 Å². The van der Waals surface area contributed by atoms with Gasteiger partial charge in [0.15, 0.2) is 18.7 Å². The van der Waals surface area contributed by atoms with Crippen LogP contribution in [-0.2, 0) is 33.2 Å². The maximum Gasteiger partial charge on any atom is 0.303 e. The Bertz CT molecular complexity index is 1570. The molecule has 21 atom stereocenters. The lowest BCUT2D eigenvalue weighted by Crippen LogP contribution is -2.65. The third-order valence-corrected chi connectivity index (χ3v) is 18.1. The fourth-order valence-corrected chi connectivity index (χ4v) is 15.3. The van der Waals surface area contributed by atoms with E-state index in [1.807, 2.05) is 0 Å². The Morgan fingerprint density at radius 1 is 0.776 bits per heavy atom. The van der Waals surface area contributed by atoms with Crippen LogP contribution in [0.3, 0.4) is 0 Å². The van der Waals surface area contributed by atoms with Crippen molar-refractivity contribution in [1.29, 1.82) is 0 Å². The zero-order chi connectivity index (χ0) is 42.3. The largest absolute Gasteiger partial charge is 0.457 e. The Morgan fingerprint density at radius 2 is 1.48 bits per heavy atom. The molecule has 0 bridgehead atoms. The first-order chi connectivity index (χ1) is 26.9. The maximum atomic E-state index is 12.3. The SMILES string of the molecule is CC(=O)OC1C(O)COC(O[C@H]2CCC34CC35CC[C@]3(C)C([C@@]6(C)CCC(C(C)(C)C)O6)[C@@H](O)C[C@@]3(C)C5C[C@H](OC3OC(CO)C(O)C(O)C3O)C4C2(C)C)C1O. The van der Waals surface area contributed by atoms with E-state index >= 15 is 0 Å². The lowest BCUT2D eigenvalue weighted by molar-refractivity contribution is -0.339. The Hall–Kier alpha value is -1.01. The maximum absolute atomic E-state index is 12.3. The summed E-state index contributed by atoms with van der Waals surface area (Å²) >= 11 is 0. The van der Waals surface area contributed by atoms with Gasteiger partial charge in [-0.1, -0.05) is 48.5 Å². The molecule has 5 aliphatic carbocycles. The quantitative estimate of drug-likeness (QED) is 0.145. The van der Waals surface area contributed by atoms with Crippen LogP contribution in [0, 0.1) is 50.2 Å². The van der Waals surface area contributed by atoms with Crippen LogP contribution < -0.4 is 0 Å². The van der Waals surface area contributed by atoms with Gasteiger partial charge < -0.3 is 64.2 Å². The molecular weight excluding hydrogens is 752 g/mol. The van der Waals surface area contributed by atoms with Gasteiger partial charge in [-0.2, -0.15) is 0 Å². The summed E-state index contributed by atoms with van der Waals surface area (Å²) in [5, 5.41) is 77.0. The normalized spacial score (nSPS) is 56.1. The standard InChI is InChI=1S/C44H72O14/c1-21(46)54-33-23(48)19-53-36(32(33)52)57-28-11-13-44-20-43(44)15-14-40(7)34(42(9)12-10-27(58-42)38(2,3)4)22(47)17-41(40,8)26(43)16-24(35(44)39(28,5)6)55-37-31(51)30(50)29(49)25(18-45)56-37/h22-37,45,47-52H,10-20H2,1-9H3/t22-,23?,24-,25?,26?,27?,28-,29?,30?,31?,32?,33?,34?,35?,36?,37?,40+,41-,42+,43?,44?/m0/s1. The Labute approximate surface area is 343 Å². The van der Waals surface area contributed by atoms with Crippen LogP contribution in [0.4, 0.5) is 0 Å². The van der Waals surface area contributed by atoms with Crippen molar-refractivity contribution in [2.24, 2.45) is 50.2 Å². The third-order valence-electron chi connectivity index (χ3n) is 18.1. The molecule has 8 aliphatic rings. The molecule has 3 heterocycles. The molecule has 7 N–H and O–H groups in total. The molecule has 0 aromatic rings. The second kappa shape index (κ2) is 14.3. The molecule has 332 valence electrons. The highest BCUT2D eigenvalue weighted by atomic mass is 16.7. The van der Waals surface area contributed by atoms with E-state index in [1.54, 1.807) is 0 Å². The summed E-state index contributed by atoms with van der Waals surface area (Å²) in [5.41, 5.74) is -1.90. The molecule has 58 heavy (non-hydrogen) atoms. The molecule has 14 nitrogen and oxygen atoms in total. The molecule has 3 saturated heterocycles. The predicted octanol–water partition coefficient (Wildman–Crippen LogP) is 2.57. The number of rotatable bonds is 7. The number of esters is 1. The fourth-order valence-electron chi connectivity index (χ4n) is 15.3. The highest BCUT2D eigenvalue weighted by Crippen LogP contribution is 2.89. The minimum Gasteiger partial charge on any atom is -0.457 e. The number of carbonyl (C=O) groups excluding carboxylic acids is 1.